The van der Waals surface area contributed by atoms with Crippen LogP contribution >= 0.6 is 0 Å². The van der Waals surface area contributed by atoms with Crippen LogP contribution < -0.4 is 0 Å². The van der Waals surface area contributed by atoms with Crippen molar-refractivity contribution in [1.82, 2.24) is 19.8 Å². The SMILES string of the molecule is Fc1ccc(-c2ccnn3cnnc23)cc1. The number of benzene rings is 1. The van der Waals surface area contributed by atoms with Gasteiger partial charge in [-0.2, -0.15) is 9.61 Å². The molecule has 4 nitrogen and oxygen atoms in total. The van der Waals surface area contributed by atoms with Gasteiger partial charge in [0.1, 0.15) is 12.1 Å². The van der Waals surface area contributed by atoms with Crippen molar-refractivity contribution in [1.29, 1.82) is 0 Å². The largest absolute Gasteiger partial charge is 0.207 e. The molecule has 3 aromatic rings. The average molecular weight is 214 g/mol. The van der Waals surface area contributed by atoms with Crippen molar-refractivity contribution in [3.8, 4) is 11.1 Å². The van der Waals surface area contributed by atoms with Crippen molar-refractivity contribution in [2.75, 3.05) is 0 Å². The molecule has 3 rings (SSSR count). The number of halogens is 1. The Balaban J connectivity index is 2.25. The van der Waals surface area contributed by atoms with Crippen molar-refractivity contribution >= 4 is 5.65 Å². The molecule has 0 unspecified atom stereocenters. The molecule has 78 valence electrons. The molecule has 0 N–H and O–H groups in total. The summed E-state index contributed by atoms with van der Waals surface area (Å²) in [4.78, 5) is 0. The molecule has 0 fully saturated rings. The average Bonchev–Trinajstić information content (AvgIpc) is 2.78. The van der Waals surface area contributed by atoms with Gasteiger partial charge in [0.25, 0.3) is 0 Å². The Morgan fingerprint density at radius 1 is 1.06 bits per heavy atom. The molecule has 0 saturated carbocycles. The smallest absolute Gasteiger partial charge is 0.185 e. The van der Waals surface area contributed by atoms with Crippen LogP contribution in [0.3, 0.4) is 0 Å². The molecule has 0 saturated heterocycles. The molecule has 2 heterocycles. The van der Waals surface area contributed by atoms with Crippen LogP contribution in [0.1, 0.15) is 0 Å². The fourth-order valence-corrected chi connectivity index (χ4v) is 1.60. The molecule has 16 heavy (non-hydrogen) atoms. The van der Waals surface area contributed by atoms with Gasteiger partial charge in [-0.05, 0) is 23.8 Å². The summed E-state index contributed by atoms with van der Waals surface area (Å²) in [5.41, 5.74) is 2.43. The summed E-state index contributed by atoms with van der Waals surface area (Å²) in [6.45, 7) is 0. The Labute approximate surface area is 90.4 Å². The number of aromatic nitrogens is 4. The van der Waals surface area contributed by atoms with Gasteiger partial charge in [0.05, 0.1) is 0 Å². The third-order valence-electron chi connectivity index (χ3n) is 2.36. The first-order valence-electron chi connectivity index (χ1n) is 4.75. The van der Waals surface area contributed by atoms with Crippen molar-refractivity contribution < 1.29 is 4.39 Å². The Hall–Kier alpha value is -2.30. The van der Waals surface area contributed by atoms with Gasteiger partial charge < -0.3 is 0 Å². The number of rotatable bonds is 1. The van der Waals surface area contributed by atoms with Crippen LogP contribution in [0, 0.1) is 5.82 Å². The molecule has 2 aromatic heterocycles. The zero-order valence-corrected chi connectivity index (χ0v) is 8.21. The number of fused-ring (bicyclic) bond motifs is 1. The van der Waals surface area contributed by atoms with Gasteiger partial charge in [-0.3, -0.25) is 0 Å². The fourth-order valence-electron chi connectivity index (χ4n) is 1.60. The minimum absolute atomic E-state index is 0.254. The minimum atomic E-state index is -0.254. The van der Waals surface area contributed by atoms with E-state index in [1.54, 1.807) is 22.8 Å². The predicted octanol–water partition coefficient (Wildman–Crippen LogP) is 1.93. The normalized spacial score (nSPS) is 10.8. The van der Waals surface area contributed by atoms with Gasteiger partial charge >= 0.3 is 0 Å². The molecule has 0 amide bonds. The second-order valence-electron chi connectivity index (χ2n) is 3.35. The maximum Gasteiger partial charge on any atom is 0.185 e. The molecule has 0 aliphatic carbocycles. The highest BCUT2D eigenvalue weighted by Gasteiger charge is 2.06. The lowest BCUT2D eigenvalue weighted by molar-refractivity contribution is 0.628. The van der Waals surface area contributed by atoms with Gasteiger partial charge in [-0.25, -0.2) is 4.39 Å². The summed E-state index contributed by atoms with van der Waals surface area (Å²) in [7, 11) is 0. The molecule has 1 aromatic carbocycles. The highest BCUT2D eigenvalue weighted by molar-refractivity contribution is 5.76. The van der Waals surface area contributed by atoms with E-state index in [1.165, 1.54) is 18.5 Å². The first-order chi connectivity index (χ1) is 7.84. The summed E-state index contributed by atoms with van der Waals surface area (Å²) in [6.07, 6.45) is 3.19. The predicted molar refractivity (Wildman–Crippen MR) is 56.2 cm³/mol. The van der Waals surface area contributed by atoms with Crippen molar-refractivity contribution in [2.24, 2.45) is 0 Å². The first kappa shape index (κ1) is 8.96. The summed E-state index contributed by atoms with van der Waals surface area (Å²) in [6, 6.07) is 8.08. The second kappa shape index (κ2) is 3.37. The zero-order chi connectivity index (χ0) is 11.0. The van der Waals surface area contributed by atoms with Crippen molar-refractivity contribution in [3.05, 3.63) is 48.7 Å². The number of nitrogens with zero attached hydrogens (tertiary/aromatic N) is 4. The lowest BCUT2D eigenvalue weighted by atomic mass is 10.1. The lowest BCUT2D eigenvalue weighted by Gasteiger charge is -2.01. The van der Waals surface area contributed by atoms with Crippen LogP contribution in [0.5, 0.6) is 0 Å². The van der Waals surface area contributed by atoms with E-state index in [0.29, 0.717) is 5.65 Å². The molecule has 0 atom stereocenters. The van der Waals surface area contributed by atoms with E-state index in [9.17, 15) is 4.39 Å². The molecular formula is C11H7FN4. The van der Waals surface area contributed by atoms with E-state index >= 15 is 0 Å². The van der Waals surface area contributed by atoms with Crippen molar-refractivity contribution in [2.45, 2.75) is 0 Å². The maximum absolute atomic E-state index is 12.8. The third kappa shape index (κ3) is 1.33. The van der Waals surface area contributed by atoms with Crippen LogP contribution in [0.2, 0.25) is 0 Å². The number of hydrogen-bond acceptors (Lipinski definition) is 3. The molecule has 0 aliphatic rings. The quantitative estimate of drug-likeness (QED) is 0.621. The van der Waals surface area contributed by atoms with Crippen molar-refractivity contribution in [3.63, 3.8) is 0 Å². The molecule has 5 heteroatoms. The lowest BCUT2D eigenvalue weighted by Crippen LogP contribution is -1.91. The third-order valence-corrected chi connectivity index (χ3v) is 2.36. The maximum atomic E-state index is 12.8. The molecule has 0 radical (unpaired) electrons. The van der Waals surface area contributed by atoms with Gasteiger partial charge in [-0.1, -0.05) is 12.1 Å². The summed E-state index contributed by atoms with van der Waals surface area (Å²) < 4.78 is 14.4. The van der Waals surface area contributed by atoms with E-state index in [4.69, 9.17) is 0 Å². The number of hydrogen-bond donors (Lipinski definition) is 0. The highest BCUT2D eigenvalue weighted by atomic mass is 19.1. The first-order valence-corrected chi connectivity index (χ1v) is 4.75. The highest BCUT2D eigenvalue weighted by Crippen LogP contribution is 2.22. The second-order valence-corrected chi connectivity index (χ2v) is 3.35. The molecule has 0 aliphatic heterocycles. The van der Waals surface area contributed by atoms with E-state index in [0.717, 1.165) is 11.1 Å². The van der Waals surface area contributed by atoms with Crippen LogP contribution in [-0.4, -0.2) is 19.8 Å². The minimum Gasteiger partial charge on any atom is -0.207 e. The van der Waals surface area contributed by atoms with E-state index < -0.39 is 0 Å². The Morgan fingerprint density at radius 2 is 1.88 bits per heavy atom. The van der Waals surface area contributed by atoms with Gasteiger partial charge in [0, 0.05) is 11.8 Å². The topological polar surface area (TPSA) is 43.1 Å². The Kier molecular flexibility index (Phi) is 1.89. The Bertz CT molecular complexity index is 630. The van der Waals surface area contributed by atoms with Crippen LogP contribution in [0.4, 0.5) is 4.39 Å². The molecular weight excluding hydrogens is 207 g/mol. The standard InChI is InChI=1S/C11H7FN4/c12-9-3-1-8(2-4-9)10-5-6-14-16-7-13-15-11(10)16/h1-7H. The van der Waals surface area contributed by atoms with Gasteiger partial charge in [0.2, 0.25) is 0 Å². The molecule has 0 spiro atoms. The summed E-state index contributed by atoms with van der Waals surface area (Å²) in [5, 5.41) is 11.8. The van der Waals surface area contributed by atoms with Crippen LogP contribution in [0.15, 0.2) is 42.9 Å². The van der Waals surface area contributed by atoms with E-state index in [-0.39, 0.29) is 5.82 Å². The summed E-state index contributed by atoms with van der Waals surface area (Å²) in [5.74, 6) is -0.254. The van der Waals surface area contributed by atoms with E-state index in [1.807, 2.05) is 6.07 Å². The fraction of sp³-hybridized carbons (Fsp3) is 0. The van der Waals surface area contributed by atoms with Gasteiger partial charge in [-0.15, -0.1) is 10.2 Å². The zero-order valence-electron chi connectivity index (χ0n) is 8.21. The van der Waals surface area contributed by atoms with Crippen LogP contribution in [-0.2, 0) is 0 Å². The van der Waals surface area contributed by atoms with Gasteiger partial charge in [0.15, 0.2) is 5.65 Å². The monoisotopic (exact) mass is 214 g/mol. The Morgan fingerprint density at radius 3 is 2.69 bits per heavy atom. The molecule has 0 bridgehead atoms. The summed E-state index contributed by atoms with van der Waals surface area (Å²) >= 11 is 0. The van der Waals surface area contributed by atoms with Crippen LogP contribution in [0.25, 0.3) is 16.8 Å². The van der Waals surface area contributed by atoms with E-state index in [2.05, 4.69) is 15.3 Å².